The van der Waals surface area contributed by atoms with Crippen LogP contribution in [0.2, 0.25) is 10.0 Å². The number of anilines is 1. The van der Waals surface area contributed by atoms with Crippen LogP contribution in [-0.2, 0) is 16.1 Å². The van der Waals surface area contributed by atoms with Gasteiger partial charge in [0.25, 0.3) is 0 Å². The summed E-state index contributed by atoms with van der Waals surface area (Å²) >= 11 is 14.5. The number of nitrogens with one attached hydrogen (secondary N) is 1. The average molecular weight is 556 g/mol. The zero-order valence-electron chi connectivity index (χ0n) is 19.2. The maximum absolute atomic E-state index is 12.5. The van der Waals surface area contributed by atoms with Crippen molar-refractivity contribution >= 4 is 63.3 Å². The van der Waals surface area contributed by atoms with E-state index >= 15 is 0 Å². The number of carbonyl (C=O) groups is 2. The van der Waals surface area contributed by atoms with E-state index in [9.17, 15) is 9.59 Å². The molecule has 0 spiro atoms. The predicted octanol–water partition coefficient (Wildman–Crippen LogP) is 5.58. The molecule has 3 rings (SSSR count). The molecule has 0 saturated carbocycles. The number of aromatic nitrogens is 4. The van der Waals surface area contributed by atoms with E-state index in [0.717, 1.165) is 11.3 Å². The van der Waals surface area contributed by atoms with Crippen LogP contribution in [0.5, 0.6) is 5.75 Å². The Morgan fingerprint density at radius 1 is 1.34 bits per heavy atom. The Morgan fingerprint density at radius 3 is 2.83 bits per heavy atom. The molecule has 13 heteroatoms. The Kier molecular flexibility index (Phi) is 9.55. The molecular formula is C22H23Cl2N5O4S2. The highest BCUT2D eigenvalue weighted by Gasteiger charge is 2.22. The van der Waals surface area contributed by atoms with Crippen molar-refractivity contribution in [2.24, 2.45) is 0 Å². The second-order valence-electron chi connectivity index (χ2n) is 7.07. The maximum atomic E-state index is 12.5. The first kappa shape index (κ1) is 27.0. The second-order valence-corrected chi connectivity index (χ2v) is 9.85. The number of hydrogen-bond donors (Lipinski definition) is 1. The van der Waals surface area contributed by atoms with Crippen LogP contribution >= 0.6 is 46.3 Å². The molecule has 0 bridgehead atoms. The summed E-state index contributed by atoms with van der Waals surface area (Å²) in [6, 6.07) is 4.95. The molecule has 1 N–H and O–H groups in total. The lowest BCUT2D eigenvalue weighted by atomic mass is 10.3. The Morgan fingerprint density at radius 2 is 2.11 bits per heavy atom. The summed E-state index contributed by atoms with van der Waals surface area (Å²) in [4.78, 5) is 29.1. The molecule has 186 valence electrons. The number of aryl methyl sites for hydroxylation is 1. The van der Waals surface area contributed by atoms with Crippen molar-refractivity contribution in [1.82, 2.24) is 19.7 Å². The zero-order valence-corrected chi connectivity index (χ0v) is 22.4. The van der Waals surface area contributed by atoms with Gasteiger partial charge in [0.05, 0.1) is 23.1 Å². The second kappa shape index (κ2) is 12.4. The minimum atomic E-state index is -0.499. The normalized spacial score (nSPS) is 11.7. The predicted molar refractivity (Wildman–Crippen MR) is 138 cm³/mol. The van der Waals surface area contributed by atoms with Crippen LogP contribution in [0.4, 0.5) is 5.13 Å². The molecule has 2 heterocycles. The van der Waals surface area contributed by atoms with Crippen LogP contribution in [0.3, 0.4) is 0 Å². The number of thiazole rings is 1. The molecule has 0 aliphatic heterocycles. The van der Waals surface area contributed by atoms with Gasteiger partial charge in [0.1, 0.15) is 10.6 Å². The minimum Gasteiger partial charge on any atom is -0.481 e. The SMILES string of the molecule is C=CCn1c(SCC(=O)Nc2nc(C)c(C(=O)OCC)s2)nnc1C(C)Oc1cc(Cl)ccc1Cl. The fraction of sp³-hybridized carbons (Fsp3) is 0.318. The highest BCUT2D eigenvalue weighted by molar-refractivity contribution is 7.99. The van der Waals surface area contributed by atoms with Gasteiger partial charge in [-0.05, 0) is 32.9 Å². The van der Waals surface area contributed by atoms with Gasteiger partial charge in [-0.3, -0.25) is 9.36 Å². The summed E-state index contributed by atoms with van der Waals surface area (Å²) in [5.41, 5.74) is 0.501. The largest absolute Gasteiger partial charge is 0.481 e. The monoisotopic (exact) mass is 555 g/mol. The van der Waals surface area contributed by atoms with Gasteiger partial charge in [-0.15, -0.1) is 16.8 Å². The maximum Gasteiger partial charge on any atom is 0.350 e. The summed E-state index contributed by atoms with van der Waals surface area (Å²) < 4.78 is 12.8. The first-order chi connectivity index (χ1) is 16.7. The first-order valence-corrected chi connectivity index (χ1v) is 13.0. The number of benzene rings is 1. The third-order valence-corrected chi connectivity index (χ3v) is 7.02. The van der Waals surface area contributed by atoms with Crippen molar-refractivity contribution in [3.05, 3.63) is 57.3 Å². The Hall–Kier alpha value is -2.60. The van der Waals surface area contributed by atoms with Crippen LogP contribution in [0.15, 0.2) is 36.0 Å². The van der Waals surface area contributed by atoms with E-state index in [1.54, 1.807) is 42.7 Å². The minimum absolute atomic E-state index is 0.0536. The average Bonchev–Trinajstić information content (AvgIpc) is 3.38. The Labute approximate surface area is 220 Å². The van der Waals surface area contributed by atoms with Crippen LogP contribution in [0, 0.1) is 6.92 Å². The first-order valence-electron chi connectivity index (χ1n) is 10.5. The van der Waals surface area contributed by atoms with Gasteiger partial charge in [-0.1, -0.05) is 52.4 Å². The Bertz CT molecular complexity index is 1230. The fourth-order valence-electron chi connectivity index (χ4n) is 2.94. The molecule has 0 radical (unpaired) electrons. The number of esters is 1. The molecule has 2 aromatic heterocycles. The number of carbonyl (C=O) groups excluding carboxylic acids is 2. The topological polar surface area (TPSA) is 108 Å². The number of allylic oxidation sites excluding steroid dienone is 1. The zero-order chi connectivity index (χ0) is 25.5. The fourth-order valence-corrected chi connectivity index (χ4v) is 4.90. The van der Waals surface area contributed by atoms with Gasteiger partial charge in [0.2, 0.25) is 5.91 Å². The molecule has 1 atom stereocenters. The van der Waals surface area contributed by atoms with Crippen LogP contribution < -0.4 is 10.1 Å². The lowest BCUT2D eigenvalue weighted by Gasteiger charge is -2.16. The van der Waals surface area contributed by atoms with Gasteiger partial charge in [-0.2, -0.15) is 0 Å². The molecule has 3 aromatic rings. The number of ether oxygens (including phenoxy) is 2. The number of thioether (sulfide) groups is 1. The van der Waals surface area contributed by atoms with Crippen molar-refractivity contribution in [3.8, 4) is 5.75 Å². The third-order valence-electron chi connectivity index (χ3n) is 4.45. The van der Waals surface area contributed by atoms with Gasteiger partial charge in [0, 0.05) is 17.6 Å². The summed E-state index contributed by atoms with van der Waals surface area (Å²) in [7, 11) is 0. The highest BCUT2D eigenvalue weighted by Crippen LogP contribution is 2.32. The van der Waals surface area contributed by atoms with Gasteiger partial charge < -0.3 is 14.8 Å². The third kappa shape index (κ3) is 6.97. The lowest BCUT2D eigenvalue weighted by molar-refractivity contribution is -0.113. The van der Waals surface area contributed by atoms with E-state index in [0.29, 0.717) is 49.0 Å². The molecule has 0 aliphatic rings. The van der Waals surface area contributed by atoms with Gasteiger partial charge in [0.15, 0.2) is 22.2 Å². The van der Waals surface area contributed by atoms with E-state index in [1.807, 2.05) is 6.92 Å². The quantitative estimate of drug-likeness (QED) is 0.185. The van der Waals surface area contributed by atoms with Crippen molar-refractivity contribution in [2.75, 3.05) is 17.7 Å². The van der Waals surface area contributed by atoms with Crippen molar-refractivity contribution < 1.29 is 19.1 Å². The smallest absolute Gasteiger partial charge is 0.350 e. The van der Waals surface area contributed by atoms with Crippen LogP contribution in [0.25, 0.3) is 0 Å². The van der Waals surface area contributed by atoms with E-state index in [2.05, 4.69) is 27.1 Å². The molecule has 9 nitrogen and oxygen atoms in total. The molecule has 1 aromatic carbocycles. The molecule has 0 saturated heterocycles. The summed E-state index contributed by atoms with van der Waals surface area (Å²) in [6.45, 7) is 9.69. The van der Waals surface area contributed by atoms with Gasteiger partial charge in [-0.25, -0.2) is 9.78 Å². The van der Waals surface area contributed by atoms with Crippen molar-refractivity contribution in [1.29, 1.82) is 0 Å². The van der Waals surface area contributed by atoms with E-state index in [1.165, 1.54) is 11.8 Å². The lowest BCUT2D eigenvalue weighted by Crippen LogP contribution is -2.15. The molecule has 35 heavy (non-hydrogen) atoms. The van der Waals surface area contributed by atoms with Crippen molar-refractivity contribution in [3.63, 3.8) is 0 Å². The summed E-state index contributed by atoms with van der Waals surface area (Å²) in [6.07, 6.45) is 1.20. The highest BCUT2D eigenvalue weighted by atomic mass is 35.5. The number of halogens is 2. The summed E-state index contributed by atoms with van der Waals surface area (Å²) in [5, 5.41) is 12.9. The van der Waals surface area contributed by atoms with Crippen LogP contribution in [0.1, 0.15) is 41.1 Å². The Balaban J connectivity index is 1.67. The van der Waals surface area contributed by atoms with Crippen LogP contribution in [-0.4, -0.2) is 44.0 Å². The summed E-state index contributed by atoms with van der Waals surface area (Å²) in [5.74, 6) is 0.257. The van der Waals surface area contributed by atoms with E-state index in [4.69, 9.17) is 32.7 Å². The number of rotatable bonds is 11. The molecule has 0 aliphatic carbocycles. The van der Waals surface area contributed by atoms with E-state index < -0.39 is 12.1 Å². The molecule has 0 fully saturated rings. The standard InChI is InChI=1S/C22H23Cl2N5O4S2/c1-5-9-29-19(13(4)33-16-10-14(23)7-8-15(16)24)27-28-22(29)34-11-17(30)26-21-25-12(3)18(35-21)20(31)32-6-2/h5,7-8,10,13H,1,6,9,11H2,2-4H3,(H,25,26,30). The molecular weight excluding hydrogens is 533 g/mol. The number of amides is 1. The van der Waals surface area contributed by atoms with Crippen molar-refractivity contribution in [2.45, 2.75) is 38.6 Å². The van der Waals surface area contributed by atoms with Gasteiger partial charge >= 0.3 is 5.97 Å². The molecule has 1 amide bonds. The number of nitrogens with zero attached hydrogens (tertiary/aromatic N) is 4. The number of hydrogen-bond acceptors (Lipinski definition) is 9. The molecule has 1 unspecified atom stereocenters. The van der Waals surface area contributed by atoms with E-state index in [-0.39, 0.29) is 18.3 Å².